The Morgan fingerprint density at radius 3 is 1.39 bits per heavy atom. The number of halogens is 1. The van der Waals surface area contributed by atoms with Crippen LogP contribution in [0.1, 0.15) is 93.4 Å². The van der Waals surface area contributed by atoms with Crippen molar-refractivity contribution in [3.63, 3.8) is 0 Å². The van der Waals surface area contributed by atoms with E-state index < -0.39 is 43.3 Å². The van der Waals surface area contributed by atoms with Crippen molar-refractivity contribution < 1.29 is 45.5 Å². The van der Waals surface area contributed by atoms with Gasteiger partial charge < -0.3 is 19.3 Å². The molecule has 0 aliphatic carbocycles. The molecule has 2 aliphatic heterocycles. The first-order valence-corrected chi connectivity index (χ1v) is 35.1. The molecule has 0 spiro atoms. The summed E-state index contributed by atoms with van der Waals surface area (Å²) in [5, 5.41) is 6.98. The highest BCUT2D eigenvalue weighted by atomic mass is 79.9. The van der Waals surface area contributed by atoms with Crippen LogP contribution in [-0.4, -0.2) is 110 Å². The van der Waals surface area contributed by atoms with Crippen LogP contribution in [0.3, 0.4) is 0 Å². The molecule has 2 aliphatic rings. The molecule has 8 aromatic rings. The van der Waals surface area contributed by atoms with Crippen LogP contribution in [0.25, 0.3) is 31.6 Å². The molecule has 6 aromatic carbocycles. The molecule has 25 heteroatoms. The van der Waals surface area contributed by atoms with Crippen molar-refractivity contribution in [2.45, 2.75) is 130 Å². The van der Waals surface area contributed by atoms with Gasteiger partial charge in [-0.2, -0.15) is 0 Å². The van der Waals surface area contributed by atoms with Crippen LogP contribution in [0, 0.1) is 6.92 Å². The highest BCUT2D eigenvalue weighted by molar-refractivity contribution is 9.11. The molecule has 4 heterocycles. The monoisotopic (exact) mass is 1400 g/mol. The van der Waals surface area contributed by atoms with Crippen molar-refractivity contribution in [1.29, 1.82) is 0 Å². The van der Waals surface area contributed by atoms with Gasteiger partial charge >= 0.3 is 24.2 Å². The summed E-state index contributed by atoms with van der Waals surface area (Å²) in [4.78, 5) is 66.2. The van der Waals surface area contributed by atoms with E-state index in [0.29, 0.717) is 83.0 Å². The lowest BCUT2D eigenvalue weighted by Gasteiger charge is -2.23. The van der Waals surface area contributed by atoms with Gasteiger partial charge in [-0.25, -0.2) is 55.4 Å². The number of hydrogen-bond donors (Lipinski definition) is 4. The first-order valence-electron chi connectivity index (χ1n) is 29.7. The number of carbonyl (C=O) groups excluding carboxylic acids is 4. The molecule has 0 saturated carbocycles. The number of aromatic nitrogens is 2. The maximum atomic E-state index is 13.8. The molecule has 494 valence electrons. The quantitative estimate of drug-likeness (QED) is 0.0665. The molecular formula is C68H81BrN10O10S4. The third kappa shape index (κ3) is 20.5. The molecule has 0 unspecified atom stereocenters. The van der Waals surface area contributed by atoms with Crippen molar-refractivity contribution in [2.75, 3.05) is 46.6 Å². The Bertz CT molecular complexity index is 4100. The van der Waals surface area contributed by atoms with E-state index in [4.69, 9.17) is 9.47 Å². The number of aryl methyl sites for hydroxylation is 1. The Labute approximate surface area is 563 Å². The van der Waals surface area contributed by atoms with Crippen LogP contribution >= 0.6 is 38.6 Å². The lowest BCUT2D eigenvalue weighted by molar-refractivity contribution is 0.129. The van der Waals surface area contributed by atoms with Gasteiger partial charge in [0.2, 0.25) is 20.0 Å². The first-order chi connectivity index (χ1) is 43.4. The fraction of sp³-hybridized carbons (Fsp3) is 0.324. The summed E-state index contributed by atoms with van der Waals surface area (Å²) in [6.45, 7) is 22.8. The minimum atomic E-state index is -3.98. The van der Waals surface area contributed by atoms with Crippen molar-refractivity contribution in [3.8, 4) is 31.6 Å². The molecule has 0 radical (unpaired) electrons. The van der Waals surface area contributed by atoms with E-state index in [1.54, 1.807) is 154 Å². The first kappa shape index (κ1) is 72.4. The molecule has 6 amide bonds. The van der Waals surface area contributed by atoms with Gasteiger partial charge in [0, 0.05) is 96.0 Å². The number of anilines is 4. The molecule has 2 fully saturated rings. The standard InChI is InChI=1S/C33H37N5O5S2.C21H27N3O3S.C13H13BrN2O2S.CH4/c1-22(2)43-31(39)35-25-13-11-24(12-14-25)30-34-20-28(44-30)27-16-15-26(19-29(27)45(41,42)36-33(3,4)5)38-18-17-37(32(38)40)21-23-9-7-6-8-10-23;1-16-10-11-18(14-19(16)28(26,27)22-21(2,3)4)24-13-12-23(20(24)25)15-17-8-6-5-7-9-17;1-8(2)18-13(17)16-10-5-3-9(4-6-10)12-15-7-11(14)19-12;/h6-16,19-20,22,36H,17-18,21H2,1-5H3,(H,35,39);5-11,14,22H,12-13,15H2,1-4H3;3-8H,1-2H3,(H,16,17);1H4. The predicted molar refractivity (Wildman–Crippen MR) is 376 cm³/mol. The van der Waals surface area contributed by atoms with Crippen molar-refractivity contribution in [3.05, 3.63) is 178 Å². The number of rotatable bonds is 17. The largest absolute Gasteiger partial charge is 0.447 e. The maximum absolute atomic E-state index is 13.8. The van der Waals surface area contributed by atoms with E-state index in [2.05, 4.69) is 46.0 Å². The van der Waals surface area contributed by atoms with Crippen molar-refractivity contribution >= 4 is 106 Å². The average molecular weight is 1410 g/mol. The van der Waals surface area contributed by atoms with E-state index >= 15 is 0 Å². The molecule has 2 aromatic heterocycles. The van der Waals surface area contributed by atoms with E-state index in [9.17, 15) is 36.0 Å². The van der Waals surface area contributed by atoms with Gasteiger partial charge in [0.25, 0.3) is 0 Å². The van der Waals surface area contributed by atoms with Gasteiger partial charge in [0.15, 0.2) is 0 Å². The summed E-state index contributed by atoms with van der Waals surface area (Å²) < 4.78 is 69.7. The SMILES string of the molecule is C.CC(C)OC(=O)Nc1ccc(-c2ncc(-c3ccc(N4CCN(Cc5ccccc5)C4=O)cc3S(=O)(=O)NC(C)(C)C)s2)cc1.CC(C)OC(=O)Nc1ccc(-c2ncc(Br)s2)cc1.Cc1ccc(N2CCN(Cc3ccccc3)C2=O)cc1S(=O)(=O)NC(C)(C)C. The molecule has 10 rings (SSSR count). The van der Waals surface area contributed by atoms with Gasteiger partial charge in [0.1, 0.15) is 10.0 Å². The zero-order valence-corrected chi connectivity index (χ0v) is 58.0. The average Bonchev–Trinajstić information content (AvgIpc) is 1.77. The van der Waals surface area contributed by atoms with E-state index in [1.807, 2.05) is 111 Å². The minimum Gasteiger partial charge on any atom is -0.447 e. The number of ether oxygens (including phenoxy) is 2. The summed E-state index contributed by atoms with van der Waals surface area (Å²) in [5.41, 5.74) is 6.13. The Morgan fingerprint density at radius 1 is 0.559 bits per heavy atom. The van der Waals surface area contributed by atoms with E-state index in [1.165, 1.54) is 11.3 Å². The Hall–Kier alpha value is -8.04. The van der Waals surface area contributed by atoms with Gasteiger partial charge in [-0.05, 0) is 182 Å². The van der Waals surface area contributed by atoms with Gasteiger partial charge in [-0.1, -0.05) is 80.2 Å². The number of thiazole rings is 2. The number of nitrogens with one attached hydrogen (secondary N) is 4. The Balaban J connectivity index is 0.000000217. The molecular weight excluding hydrogens is 1320 g/mol. The highest BCUT2D eigenvalue weighted by Gasteiger charge is 2.34. The fourth-order valence-electron chi connectivity index (χ4n) is 9.65. The molecule has 0 bridgehead atoms. The van der Waals surface area contributed by atoms with Crippen LogP contribution in [0.2, 0.25) is 0 Å². The summed E-state index contributed by atoms with van der Waals surface area (Å²) in [7, 11) is -7.67. The molecule has 20 nitrogen and oxygen atoms in total. The fourth-order valence-corrected chi connectivity index (χ4v) is 15.2. The zero-order valence-electron chi connectivity index (χ0n) is 53.2. The summed E-state index contributed by atoms with van der Waals surface area (Å²) in [5.74, 6) is 0. The molecule has 0 atom stereocenters. The van der Waals surface area contributed by atoms with Crippen LogP contribution < -0.4 is 29.9 Å². The second-order valence-electron chi connectivity index (χ2n) is 24.3. The number of sulfonamides is 2. The lowest BCUT2D eigenvalue weighted by atomic mass is 10.1. The minimum absolute atomic E-state index is 0. The number of urea groups is 2. The third-order valence-corrected chi connectivity index (χ3v) is 19.8. The number of benzene rings is 6. The zero-order chi connectivity index (χ0) is 66.7. The van der Waals surface area contributed by atoms with Gasteiger partial charge in [0.05, 0.1) is 36.9 Å². The van der Waals surface area contributed by atoms with Gasteiger partial charge in [-0.3, -0.25) is 20.4 Å². The Morgan fingerprint density at radius 2 is 0.968 bits per heavy atom. The normalized spacial score (nSPS) is 13.5. The molecule has 93 heavy (non-hydrogen) atoms. The second-order valence-corrected chi connectivity index (χ2v) is 31.1. The molecule has 4 N–H and O–H groups in total. The Kier molecular flexibility index (Phi) is 24.3. The van der Waals surface area contributed by atoms with Crippen LogP contribution in [-0.2, 0) is 42.6 Å². The maximum Gasteiger partial charge on any atom is 0.411 e. The summed E-state index contributed by atoms with van der Waals surface area (Å²) in [6.07, 6.45) is 2.08. The summed E-state index contributed by atoms with van der Waals surface area (Å²) in [6, 6.07) is 44.2. The number of hydrogen-bond acceptors (Lipinski definition) is 14. The van der Waals surface area contributed by atoms with Crippen LogP contribution in [0.5, 0.6) is 0 Å². The van der Waals surface area contributed by atoms with Crippen LogP contribution in [0.15, 0.2) is 172 Å². The molecule has 2 saturated heterocycles. The highest BCUT2D eigenvalue weighted by Crippen LogP contribution is 2.39. The van der Waals surface area contributed by atoms with E-state index in [-0.39, 0.29) is 41.5 Å². The van der Waals surface area contributed by atoms with Gasteiger partial charge in [-0.15, -0.1) is 22.7 Å². The third-order valence-electron chi connectivity index (χ3n) is 13.5. The summed E-state index contributed by atoms with van der Waals surface area (Å²) >= 11 is 6.30. The number of amides is 6. The van der Waals surface area contributed by atoms with E-state index in [0.717, 1.165) is 31.0 Å². The number of carbonyl (C=O) groups is 4. The van der Waals surface area contributed by atoms with Crippen molar-refractivity contribution in [1.82, 2.24) is 29.2 Å². The van der Waals surface area contributed by atoms with Crippen LogP contribution in [0.4, 0.5) is 41.9 Å². The second kappa shape index (κ2) is 31.3. The lowest BCUT2D eigenvalue weighted by Crippen LogP contribution is -2.40. The van der Waals surface area contributed by atoms with Crippen molar-refractivity contribution in [2.24, 2.45) is 0 Å². The smallest absolute Gasteiger partial charge is 0.411 e. The topological polar surface area (TPSA) is 242 Å². The predicted octanol–water partition coefficient (Wildman–Crippen LogP) is 15.6. The number of nitrogens with zero attached hydrogens (tertiary/aromatic N) is 6.